The van der Waals surface area contributed by atoms with Gasteiger partial charge in [-0.2, -0.15) is 0 Å². The first-order valence-electron chi connectivity index (χ1n) is 4.36. The van der Waals surface area contributed by atoms with Gasteiger partial charge in [0.05, 0.1) is 0 Å². The Bertz CT molecular complexity index is 597. The number of ketones is 1. The Labute approximate surface area is 90.2 Å². The fourth-order valence-electron chi connectivity index (χ4n) is 1.36. The van der Waals surface area contributed by atoms with Crippen LogP contribution < -0.4 is 5.63 Å². The van der Waals surface area contributed by atoms with Crippen molar-refractivity contribution >= 4 is 16.8 Å². The molecule has 0 saturated heterocycles. The first kappa shape index (κ1) is 11.9. The van der Waals surface area contributed by atoms with Crippen LogP contribution in [-0.2, 0) is 0 Å². The largest absolute Gasteiger partial charge is 0.508 e. The van der Waals surface area contributed by atoms with Gasteiger partial charge in [-0.1, -0.05) is 0 Å². The van der Waals surface area contributed by atoms with Crippen molar-refractivity contribution in [3.63, 3.8) is 0 Å². The minimum absolute atomic E-state index is 0. The van der Waals surface area contributed by atoms with Crippen molar-refractivity contribution in [2.45, 2.75) is 6.92 Å². The zero-order valence-corrected chi connectivity index (χ0v) is 8.48. The summed E-state index contributed by atoms with van der Waals surface area (Å²) in [5.74, 6) is -0.292. The van der Waals surface area contributed by atoms with E-state index in [4.69, 9.17) is 4.42 Å². The number of phenolic OH excluding ortho intramolecular Hbond substituents is 1. The highest BCUT2D eigenvalue weighted by Gasteiger charge is 2.09. The van der Waals surface area contributed by atoms with Crippen molar-refractivity contribution < 1.29 is 19.8 Å². The highest BCUT2D eigenvalue weighted by atomic mass is 16.4. The van der Waals surface area contributed by atoms with Crippen LogP contribution in [0.1, 0.15) is 17.3 Å². The summed E-state index contributed by atoms with van der Waals surface area (Å²) in [6, 6.07) is 5.75. The van der Waals surface area contributed by atoms with Gasteiger partial charge in [-0.05, 0) is 31.2 Å². The third kappa shape index (κ3) is 1.94. The van der Waals surface area contributed by atoms with Crippen molar-refractivity contribution in [3.8, 4) is 5.75 Å². The molecule has 0 aliphatic rings. The van der Waals surface area contributed by atoms with Gasteiger partial charge in [0, 0.05) is 5.39 Å². The number of carbonyl (C=O) groups excluding carboxylic acids is 1. The summed E-state index contributed by atoms with van der Waals surface area (Å²) in [5, 5.41) is 9.75. The molecule has 0 amide bonds. The lowest BCUT2D eigenvalue weighted by Crippen LogP contribution is -2.10. The van der Waals surface area contributed by atoms with Crippen molar-refractivity contribution in [3.05, 3.63) is 40.2 Å². The first-order valence-corrected chi connectivity index (χ1v) is 4.36. The van der Waals surface area contributed by atoms with Gasteiger partial charge in [0.25, 0.3) is 0 Å². The van der Waals surface area contributed by atoms with E-state index >= 15 is 0 Å². The standard InChI is InChI=1S/C11H8O4.H2O/c1-6(12)9-5-7-4-8(13)2-3-10(7)15-11(9)14;/h2-5,13H,1H3;1H2. The molecule has 5 nitrogen and oxygen atoms in total. The quantitative estimate of drug-likeness (QED) is 0.571. The van der Waals surface area contributed by atoms with E-state index < -0.39 is 5.63 Å². The second-order valence-corrected chi connectivity index (χ2v) is 3.23. The normalized spacial score (nSPS) is 9.81. The molecule has 3 N–H and O–H groups in total. The van der Waals surface area contributed by atoms with E-state index in [0.29, 0.717) is 11.0 Å². The van der Waals surface area contributed by atoms with E-state index in [1.807, 2.05) is 0 Å². The number of hydrogen-bond donors (Lipinski definition) is 1. The second-order valence-electron chi connectivity index (χ2n) is 3.23. The maximum atomic E-state index is 11.3. The molecule has 0 aliphatic heterocycles. The fraction of sp³-hybridized carbons (Fsp3) is 0.0909. The minimum atomic E-state index is -0.652. The van der Waals surface area contributed by atoms with Crippen LogP contribution in [0.4, 0.5) is 0 Å². The van der Waals surface area contributed by atoms with Gasteiger partial charge in [0.1, 0.15) is 16.9 Å². The number of benzene rings is 1. The fourth-order valence-corrected chi connectivity index (χ4v) is 1.36. The summed E-state index contributed by atoms with van der Waals surface area (Å²) in [4.78, 5) is 22.4. The van der Waals surface area contributed by atoms with Gasteiger partial charge in [-0.25, -0.2) is 4.79 Å². The van der Waals surface area contributed by atoms with Crippen LogP contribution in [0, 0.1) is 0 Å². The molecular weight excluding hydrogens is 212 g/mol. The first-order chi connectivity index (χ1) is 7.08. The third-order valence-electron chi connectivity index (χ3n) is 2.10. The lowest BCUT2D eigenvalue weighted by Gasteiger charge is -1.99. The van der Waals surface area contributed by atoms with Gasteiger partial charge < -0.3 is 15.0 Å². The number of phenols is 1. The van der Waals surface area contributed by atoms with Gasteiger partial charge >= 0.3 is 5.63 Å². The molecule has 2 rings (SSSR count). The Balaban J connectivity index is 0.00000128. The van der Waals surface area contributed by atoms with Crippen LogP contribution in [0.25, 0.3) is 11.0 Å². The van der Waals surface area contributed by atoms with Crippen LogP contribution in [0.15, 0.2) is 33.5 Å². The molecule has 2 aromatic rings. The maximum absolute atomic E-state index is 11.3. The van der Waals surface area contributed by atoms with Crippen molar-refractivity contribution in [2.75, 3.05) is 0 Å². The number of aromatic hydroxyl groups is 1. The predicted octanol–water partition coefficient (Wildman–Crippen LogP) is 0.876. The molecule has 0 bridgehead atoms. The summed E-state index contributed by atoms with van der Waals surface area (Å²) < 4.78 is 4.92. The van der Waals surface area contributed by atoms with E-state index in [0.717, 1.165) is 0 Å². The molecule has 0 fully saturated rings. The molecule has 1 aromatic heterocycles. The number of carbonyl (C=O) groups is 1. The van der Waals surface area contributed by atoms with E-state index in [2.05, 4.69) is 0 Å². The second kappa shape index (κ2) is 4.16. The number of rotatable bonds is 1. The van der Waals surface area contributed by atoms with E-state index in [9.17, 15) is 14.7 Å². The molecule has 0 aliphatic carbocycles. The average Bonchev–Trinajstić information content (AvgIpc) is 2.17. The van der Waals surface area contributed by atoms with Gasteiger partial charge in [-0.15, -0.1) is 0 Å². The summed E-state index contributed by atoms with van der Waals surface area (Å²) in [7, 11) is 0. The van der Waals surface area contributed by atoms with Crippen LogP contribution in [-0.4, -0.2) is 16.4 Å². The predicted molar refractivity (Wildman–Crippen MR) is 57.8 cm³/mol. The Morgan fingerprint density at radius 1 is 1.31 bits per heavy atom. The summed E-state index contributed by atoms with van der Waals surface area (Å²) >= 11 is 0. The number of fused-ring (bicyclic) bond motifs is 1. The highest BCUT2D eigenvalue weighted by Crippen LogP contribution is 2.19. The zero-order chi connectivity index (χ0) is 11.0. The molecule has 1 aromatic carbocycles. The molecule has 0 radical (unpaired) electrons. The molecule has 1 heterocycles. The van der Waals surface area contributed by atoms with E-state index in [1.54, 1.807) is 0 Å². The zero-order valence-electron chi connectivity index (χ0n) is 8.48. The molecule has 16 heavy (non-hydrogen) atoms. The SMILES string of the molecule is CC(=O)c1cc2cc(O)ccc2oc1=O.O. The lowest BCUT2D eigenvalue weighted by molar-refractivity contribution is 0.101. The van der Waals surface area contributed by atoms with E-state index in [1.165, 1.54) is 31.2 Å². The monoisotopic (exact) mass is 222 g/mol. The smallest absolute Gasteiger partial charge is 0.347 e. The molecule has 0 saturated carbocycles. The third-order valence-corrected chi connectivity index (χ3v) is 2.10. The number of Topliss-reactive ketones (excluding diaryl/α,β-unsaturated/α-hetero) is 1. The Hall–Kier alpha value is -2.14. The average molecular weight is 222 g/mol. The van der Waals surface area contributed by atoms with Gasteiger partial charge in [0.2, 0.25) is 0 Å². The van der Waals surface area contributed by atoms with Crippen LogP contribution in [0.3, 0.4) is 0 Å². The summed E-state index contributed by atoms with van der Waals surface area (Å²) in [5.41, 5.74) is -0.309. The Kier molecular flexibility index (Phi) is 3.10. The molecule has 0 unspecified atom stereocenters. The van der Waals surface area contributed by atoms with E-state index in [-0.39, 0.29) is 22.6 Å². The summed E-state index contributed by atoms with van der Waals surface area (Å²) in [6.07, 6.45) is 0. The molecule has 84 valence electrons. The van der Waals surface area contributed by atoms with Crippen molar-refractivity contribution in [2.24, 2.45) is 0 Å². The van der Waals surface area contributed by atoms with Crippen LogP contribution >= 0.6 is 0 Å². The molecular formula is C11H10O5. The van der Waals surface area contributed by atoms with Gasteiger partial charge in [0.15, 0.2) is 5.78 Å². The minimum Gasteiger partial charge on any atom is -0.508 e. The van der Waals surface area contributed by atoms with Crippen LogP contribution in [0.2, 0.25) is 0 Å². The lowest BCUT2D eigenvalue weighted by atomic mass is 10.1. The molecule has 5 heteroatoms. The van der Waals surface area contributed by atoms with Gasteiger partial charge in [-0.3, -0.25) is 4.79 Å². The molecule has 0 atom stereocenters. The highest BCUT2D eigenvalue weighted by molar-refractivity contribution is 5.96. The van der Waals surface area contributed by atoms with Crippen LogP contribution in [0.5, 0.6) is 5.75 Å². The summed E-state index contributed by atoms with van der Waals surface area (Å²) in [6.45, 7) is 1.29. The Morgan fingerprint density at radius 2 is 2.00 bits per heavy atom. The van der Waals surface area contributed by atoms with Crippen molar-refractivity contribution in [1.29, 1.82) is 0 Å². The molecule has 0 spiro atoms. The van der Waals surface area contributed by atoms with Crippen molar-refractivity contribution in [1.82, 2.24) is 0 Å². The maximum Gasteiger partial charge on any atom is 0.347 e. The Morgan fingerprint density at radius 3 is 2.62 bits per heavy atom. The topological polar surface area (TPSA) is 99.0 Å². The number of hydrogen-bond acceptors (Lipinski definition) is 4.